The molecule has 0 heterocycles. The molecule has 2 aromatic carbocycles. The Labute approximate surface area is 127 Å². The molecule has 0 atom stereocenters. The lowest BCUT2D eigenvalue weighted by Crippen LogP contribution is -2.03. The second-order valence-corrected chi connectivity index (χ2v) is 4.94. The van der Waals surface area contributed by atoms with E-state index in [1.807, 2.05) is 24.3 Å². The van der Waals surface area contributed by atoms with E-state index in [0.717, 1.165) is 12.0 Å². The number of rotatable bonds is 6. The third kappa shape index (κ3) is 4.18. The molecule has 0 aliphatic rings. The van der Waals surface area contributed by atoms with Crippen molar-refractivity contribution in [3.63, 3.8) is 0 Å². The van der Waals surface area contributed by atoms with Gasteiger partial charge in [0.05, 0.1) is 10.5 Å². The number of hydrogen-bond acceptors (Lipinski definition) is 4. The molecule has 0 saturated heterocycles. The molecule has 5 nitrogen and oxygen atoms in total. The predicted molar refractivity (Wildman–Crippen MR) is 81.6 cm³/mol. The topological polar surface area (TPSA) is 78.4 Å². The van der Waals surface area contributed by atoms with Crippen molar-refractivity contribution in [1.82, 2.24) is 0 Å². The predicted octanol–water partition coefficient (Wildman–Crippen LogP) is 3.33. The molecule has 0 fully saturated rings. The van der Waals surface area contributed by atoms with Crippen LogP contribution in [0.2, 0.25) is 5.02 Å². The van der Waals surface area contributed by atoms with E-state index in [1.165, 1.54) is 12.1 Å². The molecular weight excluding hydrogens is 292 g/mol. The second-order valence-electron chi connectivity index (χ2n) is 4.50. The number of nitrogens with zero attached hydrogens (tertiary/aromatic N) is 1. The molecule has 21 heavy (non-hydrogen) atoms. The molecule has 0 unspecified atom stereocenters. The number of nitro groups is 1. The van der Waals surface area contributed by atoms with Crippen molar-refractivity contribution in [1.29, 1.82) is 0 Å². The molecule has 6 heteroatoms. The minimum absolute atomic E-state index is 0.000785. The summed E-state index contributed by atoms with van der Waals surface area (Å²) in [6.07, 6.45) is 0.806. The van der Waals surface area contributed by atoms with Gasteiger partial charge >= 0.3 is 0 Å². The van der Waals surface area contributed by atoms with Crippen LogP contribution >= 0.6 is 11.6 Å². The summed E-state index contributed by atoms with van der Waals surface area (Å²) in [4.78, 5) is 10.5. The molecule has 0 aliphatic carbocycles. The Morgan fingerprint density at radius 2 is 1.90 bits per heavy atom. The van der Waals surface area contributed by atoms with Gasteiger partial charge in [0.25, 0.3) is 5.69 Å². The van der Waals surface area contributed by atoms with Crippen LogP contribution in [-0.2, 0) is 13.0 Å². The van der Waals surface area contributed by atoms with Crippen LogP contribution in [0.1, 0.15) is 11.1 Å². The molecule has 0 radical (unpaired) electrons. The zero-order valence-corrected chi connectivity index (χ0v) is 12.0. The van der Waals surface area contributed by atoms with Crippen LogP contribution in [0.15, 0.2) is 42.5 Å². The van der Waals surface area contributed by atoms with Gasteiger partial charge in [-0.1, -0.05) is 23.7 Å². The first kappa shape index (κ1) is 15.3. The van der Waals surface area contributed by atoms with Crippen molar-refractivity contribution in [2.24, 2.45) is 5.73 Å². The maximum Gasteiger partial charge on any atom is 0.276 e. The SMILES string of the molecule is NCCc1ccc(OCc2cc(Cl)ccc2[N+](=O)[O-])cc1. The number of halogens is 1. The summed E-state index contributed by atoms with van der Waals surface area (Å²) < 4.78 is 5.58. The summed E-state index contributed by atoms with van der Waals surface area (Å²) in [5, 5.41) is 11.4. The van der Waals surface area contributed by atoms with Crippen LogP contribution in [0, 0.1) is 10.1 Å². The highest BCUT2D eigenvalue weighted by atomic mass is 35.5. The molecule has 0 amide bonds. The van der Waals surface area contributed by atoms with Crippen LogP contribution in [0.4, 0.5) is 5.69 Å². The van der Waals surface area contributed by atoms with Crippen molar-refractivity contribution in [2.45, 2.75) is 13.0 Å². The van der Waals surface area contributed by atoms with Gasteiger partial charge in [-0.05, 0) is 42.8 Å². The lowest BCUT2D eigenvalue weighted by molar-refractivity contribution is -0.385. The van der Waals surface area contributed by atoms with Crippen molar-refractivity contribution in [3.8, 4) is 5.75 Å². The normalized spacial score (nSPS) is 10.4. The van der Waals surface area contributed by atoms with Crippen molar-refractivity contribution < 1.29 is 9.66 Å². The minimum atomic E-state index is -0.445. The number of benzene rings is 2. The van der Waals surface area contributed by atoms with Gasteiger partial charge in [0, 0.05) is 11.1 Å². The molecular formula is C15H15ClN2O3. The van der Waals surface area contributed by atoms with Crippen LogP contribution in [0.5, 0.6) is 5.75 Å². The van der Waals surface area contributed by atoms with Crippen LogP contribution in [0.25, 0.3) is 0 Å². The molecule has 0 spiro atoms. The summed E-state index contributed by atoms with van der Waals surface area (Å²) in [6.45, 7) is 0.683. The largest absolute Gasteiger partial charge is 0.489 e. The quantitative estimate of drug-likeness (QED) is 0.656. The fraction of sp³-hybridized carbons (Fsp3) is 0.200. The summed E-state index contributed by atoms with van der Waals surface area (Å²) >= 11 is 5.87. The fourth-order valence-electron chi connectivity index (χ4n) is 1.93. The Kier molecular flexibility index (Phi) is 5.14. The van der Waals surface area contributed by atoms with E-state index in [0.29, 0.717) is 22.9 Å². The number of ether oxygens (including phenoxy) is 1. The second kappa shape index (κ2) is 7.06. The monoisotopic (exact) mass is 306 g/mol. The Bertz CT molecular complexity index is 629. The highest BCUT2D eigenvalue weighted by Gasteiger charge is 2.14. The third-order valence-corrected chi connectivity index (χ3v) is 3.22. The van der Waals surface area contributed by atoms with Gasteiger partial charge in [-0.3, -0.25) is 10.1 Å². The molecule has 0 aromatic heterocycles. The average Bonchev–Trinajstić information content (AvgIpc) is 2.46. The first-order valence-electron chi connectivity index (χ1n) is 6.45. The average molecular weight is 307 g/mol. The van der Waals surface area contributed by atoms with Crippen molar-refractivity contribution >= 4 is 17.3 Å². The third-order valence-electron chi connectivity index (χ3n) is 2.99. The summed E-state index contributed by atoms with van der Waals surface area (Å²) in [7, 11) is 0. The van der Waals surface area contributed by atoms with Gasteiger partial charge in [0.1, 0.15) is 12.4 Å². The maximum atomic E-state index is 11.0. The van der Waals surface area contributed by atoms with E-state index in [1.54, 1.807) is 6.07 Å². The van der Waals surface area contributed by atoms with Gasteiger partial charge in [-0.15, -0.1) is 0 Å². The van der Waals surface area contributed by atoms with Crippen LogP contribution in [-0.4, -0.2) is 11.5 Å². The first-order chi connectivity index (χ1) is 10.1. The van der Waals surface area contributed by atoms with Crippen LogP contribution < -0.4 is 10.5 Å². The van der Waals surface area contributed by atoms with Gasteiger partial charge in [0.2, 0.25) is 0 Å². The highest BCUT2D eigenvalue weighted by molar-refractivity contribution is 6.30. The van der Waals surface area contributed by atoms with Gasteiger partial charge in [-0.25, -0.2) is 0 Å². The first-order valence-corrected chi connectivity index (χ1v) is 6.82. The minimum Gasteiger partial charge on any atom is -0.489 e. The maximum absolute atomic E-state index is 11.0. The Morgan fingerprint density at radius 3 is 2.52 bits per heavy atom. The molecule has 2 N–H and O–H groups in total. The lowest BCUT2D eigenvalue weighted by Gasteiger charge is -2.08. The standard InChI is InChI=1S/C15H15ClN2O3/c16-13-3-6-15(18(19)20)12(9-13)10-21-14-4-1-11(2-5-14)7-8-17/h1-6,9H,7-8,10,17H2. The summed E-state index contributed by atoms with van der Waals surface area (Å²) in [6, 6.07) is 11.9. The van der Waals surface area contributed by atoms with Gasteiger partial charge in [-0.2, -0.15) is 0 Å². The highest BCUT2D eigenvalue weighted by Crippen LogP contribution is 2.24. The van der Waals surface area contributed by atoms with E-state index < -0.39 is 4.92 Å². The fourth-order valence-corrected chi connectivity index (χ4v) is 2.12. The summed E-state index contributed by atoms with van der Waals surface area (Å²) in [5.74, 6) is 0.644. The van der Waals surface area contributed by atoms with E-state index >= 15 is 0 Å². The molecule has 0 saturated carbocycles. The van der Waals surface area contributed by atoms with Crippen molar-refractivity contribution in [2.75, 3.05) is 6.54 Å². The molecule has 110 valence electrons. The van der Waals surface area contributed by atoms with Crippen LogP contribution in [0.3, 0.4) is 0 Å². The number of hydrogen-bond donors (Lipinski definition) is 1. The smallest absolute Gasteiger partial charge is 0.276 e. The zero-order valence-electron chi connectivity index (χ0n) is 11.3. The Hall–Kier alpha value is -2.11. The van der Waals surface area contributed by atoms with E-state index in [2.05, 4.69) is 0 Å². The van der Waals surface area contributed by atoms with E-state index in [9.17, 15) is 10.1 Å². The number of nitro benzene ring substituents is 1. The van der Waals surface area contributed by atoms with Gasteiger partial charge in [0.15, 0.2) is 0 Å². The Balaban J connectivity index is 2.08. The lowest BCUT2D eigenvalue weighted by atomic mass is 10.1. The molecule has 0 aliphatic heterocycles. The molecule has 2 aromatic rings. The zero-order chi connectivity index (χ0) is 15.2. The van der Waals surface area contributed by atoms with Gasteiger partial charge < -0.3 is 10.5 Å². The summed E-state index contributed by atoms with van der Waals surface area (Å²) in [5.41, 5.74) is 7.05. The van der Waals surface area contributed by atoms with E-state index in [4.69, 9.17) is 22.1 Å². The van der Waals surface area contributed by atoms with E-state index in [-0.39, 0.29) is 12.3 Å². The molecule has 2 rings (SSSR count). The Morgan fingerprint density at radius 1 is 1.19 bits per heavy atom. The van der Waals surface area contributed by atoms with Crippen molar-refractivity contribution in [3.05, 3.63) is 68.7 Å². The molecule has 0 bridgehead atoms. The number of nitrogens with two attached hydrogens (primary N) is 1.